The van der Waals surface area contributed by atoms with Gasteiger partial charge in [-0.3, -0.25) is 9.59 Å². The van der Waals surface area contributed by atoms with Gasteiger partial charge in [0, 0.05) is 36.8 Å². The summed E-state index contributed by atoms with van der Waals surface area (Å²) >= 11 is 1.20. The zero-order valence-corrected chi connectivity index (χ0v) is 15.6. The van der Waals surface area contributed by atoms with Gasteiger partial charge in [-0.25, -0.2) is 9.37 Å². The maximum atomic E-state index is 14.3. The van der Waals surface area contributed by atoms with Crippen LogP contribution in [0.15, 0.2) is 23.6 Å². The first-order valence-corrected chi connectivity index (χ1v) is 9.49. The van der Waals surface area contributed by atoms with Crippen LogP contribution in [-0.4, -0.2) is 36.1 Å². The van der Waals surface area contributed by atoms with Crippen LogP contribution in [0, 0.1) is 11.7 Å². The van der Waals surface area contributed by atoms with Crippen molar-refractivity contribution in [2.24, 2.45) is 11.7 Å². The molecule has 1 aliphatic rings. The van der Waals surface area contributed by atoms with Crippen LogP contribution in [0.5, 0.6) is 0 Å². The van der Waals surface area contributed by atoms with Crippen LogP contribution >= 0.6 is 11.3 Å². The van der Waals surface area contributed by atoms with Gasteiger partial charge >= 0.3 is 0 Å². The molecule has 1 aromatic heterocycles. The van der Waals surface area contributed by atoms with Crippen LogP contribution in [0.2, 0.25) is 0 Å². The molecule has 1 fully saturated rings. The van der Waals surface area contributed by atoms with E-state index >= 15 is 0 Å². The Bertz CT molecular complexity index is 836. The fourth-order valence-electron chi connectivity index (χ4n) is 2.94. The summed E-state index contributed by atoms with van der Waals surface area (Å²) in [6, 6.07) is 3.73. The molecule has 1 atom stereocenters. The number of carbonyl (C=O) groups excluding carboxylic acids is 2. The lowest BCUT2D eigenvalue weighted by Gasteiger charge is -2.26. The lowest BCUT2D eigenvalue weighted by atomic mass is 9.92. The van der Waals surface area contributed by atoms with E-state index in [1.165, 1.54) is 30.4 Å². The highest BCUT2D eigenvalue weighted by Gasteiger charge is 2.27. The smallest absolute Gasteiger partial charge is 0.243 e. The second-order valence-electron chi connectivity index (χ2n) is 6.38. The molecule has 7 nitrogen and oxygen atoms in total. The molecule has 2 aromatic rings. The van der Waals surface area contributed by atoms with Gasteiger partial charge in [-0.1, -0.05) is 0 Å². The number of anilines is 2. The number of ether oxygens (including phenoxy) is 1. The number of rotatable bonds is 5. The van der Waals surface area contributed by atoms with E-state index in [0.717, 1.165) is 12.8 Å². The fourth-order valence-corrected chi connectivity index (χ4v) is 3.65. The second-order valence-corrected chi connectivity index (χ2v) is 7.24. The van der Waals surface area contributed by atoms with Crippen molar-refractivity contribution < 1.29 is 18.7 Å². The molecule has 3 rings (SSSR count). The van der Waals surface area contributed by atoms with Crippen LogP contribution in [0.3, 0.4) is 0 Å². The van der Waals surface area contributed by atoms with E-state index < -0.39 is 11.9 Å². The number of carbonyl (C=O) groups is 2. The van der Waals surface area contributed by atoms with Gasteiger partial charge in [0.05, 0.1) is 11.7 Å². The summed E-state index contributed by atoms with van der Waals surface area (Å²) < 4.78 is 19.6. The zero-order chi connectivity index (χ0) is 19.4. The molecule has 1 unspecified atom stereocenters. The van der Waals surface area contributed by atoms with Crippen molar-refractivity contribution in [1.29, 1.82) is 0 Å². The summed E-state index contributed by atoms with van der Waals surface area (Å²) in [6.45, 7) is 2.58. The molecule has 1 aromatic carbocycles. The van der Waals surface area contributed by atoms with Crippen molar-refractivity contribution in [3.05, 3.63) is 29.4 Å². The van der Waals surface area contributed by atoms with Gasteiger partial charge in [0.2, 0.25) is 11.8 Å². The molecule has 0 saturated carbocycles. The van der Waals surface area contributed by atoms with Crippen LogP contribution in [0.1, 0.15) is 19.8 Å². The van der Waals surface area contributed by atoms with Gasteiger partial charge in [0.25, 0.3) is 0 Å². The Morgan fingerprint density at radius 3 is 2.74 bits per heavy atom. The Morgan fingerprint density at radius 2 is 2.07 bits per heavy atom. The number of hydrogen-bond donors (Lipinski definition) is 3. The molecule has 0 bridgehead atoms. The molecule has 27 heavy (non-hydrogen) atoms. The third kappa shape index (κ3) is 4.88. The maximum Gasteiger partial charge on any atom is 0.243 e. The van der Waals surface area contributed by atoms with Crippen molar-refractivity contribution >= 4 is 34.0 Å². The van der Waals surface area contributed by atoms with Gasteiger partial charge < -0.3 is 21.1 Å². The summed E-state index contributed by atoms with van der Waals surface area (Å²) in [7, 11) is 0. The van der Waals surface area contributed by atoms with Crippen LogP contribution < -0.4 is 16.4 Å². The summed E-state index contributed by atoms with van der Waals surface area (Å²) in [5.41, 5.74) is 7.11. The van der Waals surface area contributed by atoms with Crippen LogP contribution in [-0.2, 0) is 14.3 Å². The normalized spacial score (nSPS) is 16.0. The van der Waals surface area contributed by atoms with Gasteiger partial charge in [-0.15, -0.1) is 11.3 Å². The van der Waals surface area contributed by atoms with E-state index in [0.29, 0.717) is 29.7 Å². The number of thiazole rings is 1. The van der Waals surface area contributed by atoms with Gasteiger partial charge in [-0.2, -0.15) is 0 Å². The maximum absolute atomic E-state index is 14.3. The average molecular weight is 392 g/mol. The lowest BCUT2D eigenvalue weighted by Crippen LogP contribution is -2.43. The third-order valence-corrected chi connectivity index (χ3v) is 5.13. The first kappa shape index (κ1) is 19.4. The number of nitrogens with zero attached hydrogens (tertiary/aromatic N) is 1. The molecule has 2 heterocycles. The fraction of sp³-hybridized carbons (Fsp3) is 0.389. The van der Waals surface area contributed by atoms with Gasteiger partial charge in [-0.05, 0) is 37.0 Å². The van der Waals surface area contributed by atoms with E-state index in [9.17, 15) is 14.0 Å². The Morgan fingerprint density at radius 1 is 1.33 bits per heavy atom. The minimum absolute atomic E-state index is 0.0805. The predicted molar refractivity (Wildman–Crippen MR) is 102 cm³/mol. The van der Waals surface area contributed by atoms with Gasteiger partial charge in [0.1, 0.15) is 5.82 Å². The summed E-state index contributed by atoms with van der Waals surface area (Å²) in [6.07, 6.45) is 1.51. The summed E-state index contributed by atoms with van der Waals surface area (Å²) in [5, 5.41) is 7.25. The number of benzene rings is 1. The second kappa shape index (κ2) is 8.55. The number of aromatic nitrogens is 1. The summed E-state index contributed by atoms with van der Waals surface area (Å²) in [5.74, 6) is -1.01. The Balaban J connectivity index is 1.67. The average Bonchev–Trinajstić information content (AvgIpc) is 3.09. The van der Waals surface area contributed by atoms with E-state index in [1.807, 2.05) is 0 Å². The predicted octanol–water partition coefficient (Wildman–Crippen LogP) is 2.60. The molecule has 0 aliphatic carbocycles. The zero-order valence-electron chi connectivity index (χ0n) is 14.8. The van der Waals surface area contributed by atoms with Crippen LogP contribution in [0.25, 0.3) is 11.3 Å². The van der Waals surface area contributed by atoms with Crippen molar-refractivity contribution in [3.63, 3.8) is 0 Å². The molecule has 144 valence electrons. The number of nitrogens with two attached hydrogens (primary N) is 1. The van der Waals surface area contributed by atoms with E-state index in [4.69, 9.17) is 10.5 Å². The minimum atomic E-state index is -0.630. The Labute approximate surface area is 160 Å². The minimum Gasteiger partial charge on any atom is -0.381 e. The quantitative estimate of drug-likeness (QED) is 0.725. The Kier molecular flexibility index (Phi) is 6.15. The first-order valence-electron chi connectivity index (χ1n) is 8.61. The lowest BCUT2D eigenvalue weighted by molar-refractivity contribution is -0.119. The van der Waals surface area contributed by atoms with Crippen molar-refractivity contribution in [1.82, 2.24) is 4.98 Å². The van der Waals surface area contributed by atoms with Gasteiger partial charge in [0.15, 0.2) is 5.13 Å². The number of halogens is 1. The third-order valence-electron chi connectivity index (χ3n) is 4.38. The molecular formula is C18H21FN4O3S. The topological polar surface area (TPSA) is 106 Å². The molecule has 0 radical (unpaired) electrons. The Hall–Kier alpha value is -2.36. The van der Waals surface area contributed by atoms with E-state index in [2.05, 4.69) is 15.6 Å². The summed E-state index contributed by atoms with van der Waals surface area (Å²) in [4.78, 5) is 27.7. The molecule has 4 N–H and O–H groups in total. The SMILES string of the molecule is CC(=O)Nc1ccc(-c2csc(NC(=O)C(N)C3CCOCC3)n2)c(F)c1. The monoisotopic (exact) mass is 392 g/mol. The number of amides is 2. The highest BCUT2D eigenvalue weighted by atomic mass is 32.1. The van der Waals surface area contributed by atoms with E-state index in [1.54, 1.807) is 11.4 Å². The molecular weight excluding hydrogens is 371 g/mol. The standard InChI is InChI=1S/C18H21FN4O3S/c1-10(24)21-12-2-3-13(14(19)8-12)15-9-27-18(22-15)23-17(25)16(20)11-4-6-26-7-5-11/h2-3,8-9,11,16H,4-7,20H2,1H3,(H,21,24)(H,22,23,25). The first-order chi connectivity index (χ1) is 12.9. The van der Waals surface area contributed by atoms with E-state index in [-0.39, 0.29) is 23.3 Å². The molecule has 9 heteroatoms. The van der Waals surface area contributed by atoms with Crippen LogP contribution in [0.4, 0.5) is 15.2 Å². The highest BCUT2D eigenvalue weighted by molar-refractivity contribution is 7.14. The van der Waals surface area contributed by atoms with Crippen molar-refractivity contribution in [2.45, 2.75) is 25.8 Å². The van der Waals surface area contributed by atoms with Crippen molar-refractivity contribution in [3.8, 4) is 11.3 Å². The highest BCUT2D eigenvalue weighted by Crippen LogP contribution is 2.29. The largest absolute Gasteiger partial charge is 0.381 e. The molecule has 1 saturated heterocycles. The van der Waals surface area contributed by atoms with Crippen molar-refractivity contribution in [2.75, 3.05) is 23.8 Å². The molecule has 1 aliphatic heterocycles. The number of hydrogen-bond acceptors (Lipinski definition) is 6. The number of nitrogens with one attached hydrogen (secondary N) is 2. The molecule has 2 amide bonds. The molecule has 0 spiro atoms.